The molecule has 2 aromatic carbocycles. The molecular formula is C24H23ClN2O4. The van der Waals surface area contributed by atoms with Gasteiger partial charge in [-0.25, -0.2) is 9.79 Å². The normalized spacial score (nSPS) is 19.3. The molecule has 7 heteroatoms. The van der Waals surface area contributed by atoms with Gasteiger partial charge in [0.2, 0.25) is 0 Å². The number of rotatable bonds is 4. The number of benzene rings is 2. The molecule has 2 saturated carbocycles. The number of aromatic carboxylic acids is 1. The van der Waals surface area contributed by atoms with Crippen molar-refractivity contribution in [1.29, 1.82) is 0 Å². The summed E-state index contributed by atoms with van der Waals surface area (Å²) in [5.74, 6) is -1.57. The van der Waals surface area contributed by atoms with E-state index in [1.165, 1.54) is 12.1 Å². The van der Waals surface area contributed by atoms with Crippen molar-refractivity contribution in [1.82, 2.24) is 0 Å². The van der Waals surface area contributed by atoms with E-state index in [0.717, 1.165) is 36.8 Å². The first-order valence-electron chi connectivity index (χ1n) is 10.3. The van der Waals surface area contributed by atoms with Crippen LogP contribution in [0, 0.1) is 0 Å². The van der Waals surface area contributed by atoms with Crippen LogP contribution in [0.5, 0.6) is 5.75 Å². The van der Waals surface area contributed by atoms with E-state index in [-0.39, 0.29) is 17.2 Å². The van der Waals surface area contributed by atoms with Gasteiger partial charge in [0.05, 0.1) is 10.6 Å². The van der Waals surface area contributed by atoms with Crippen LogP contribution >= 0.6 is 11.6 Å². The molecule has 2 aliphatic rings. The minimum atomic E-state index is -1.22. The van der Waals surface area contributed by atoms with Crippen molar-refractivity contribution < 1.29 is 19.8 Å². The molecule has 1 amide bonds. The van der Waals surface area contributed by atoms with E-state index in [2.05, 4.69) is 4.99 Å². The molecule has 2 aliphatic carbocycles. The number of phenols is 1. The SMILES string of the molecule is NC(=C1CCCCC1=NC(=O)c1c(Cl)cccc1C1CC1)c1ccc(C(=O)O)c(O)c1. The minimum absolute atomic E-state index is 0.194. The van der Waals surface area contributed by atoms with Crippen LogP contribution in [0.1, 0.15) is 76.3 Å². The summed E-state index contributed by atoms with van der Waals surface area (Å²) >= 11 is 6.36. The maximum Gasteiger partial charge on any atom is 0.339 e. The van der Waals surface area contributed by atoms with Crippen LogP contribution in [0.2, 0.25) is 5.02 Å². The maximum atomic E-state index is 13.1. The summed E-state index contributed by atoms with van der Waals surface area (Å²) in [6.45, 7) is 0. The first-order chi connectivity index (χ1) is 14.9. The van der Waals surface area contributed by atoms with Crippen LogP contribution < -0.4 is 5.73 Å². The zero-order valence-corrected chi connectivity index (χ0v) is 17.7. The molecular weight excluding hydrogens is 416 g/mol. The lowest BCUT2D eigenvalue weighted by Crippen LogP contribution is -2.17. The van der Waals surface area contributed by atoms with E-state index in [0.29, 0.717) is 46.3 Å². The summed E-state index contributed by atoms with van der Waals surface area (Å²) in [5.41, 5.74) is 9.87. The van der Waals surface area contributed by atoms with Crippen molar-refractivity contribution in [3.63, 3.8) is 0 Å². The van der Waals surface area contributed by atoms with Crippen molar-refractivity contribution in [2.24, 2.45) is 10.7 Å². The highest BCUT2D eigenvalue weighted by atomic mass is 35.5. The lowest BCUT2D eigenvalue weighted by molar-refractivity contribution is 0.0693. The van der Waals surface area contributed by atoms with Gasteiger partial charge in [-0.05, 0) is 73.8 Å². The number of halogens is 1. The van der Waals surface area contributed by atoms with Gasteiger partial charge >= 0.3 is 5.97 Å². The Morgan fingerprint density at radius 1 is 1.10 bits per heavy atom. The van der Waals surface area contributed by atoms with Gasteiger partial charge in [-0.1, -0.05) is 29.8 Å². The van der Waals surface area contributed by atoms with Gasteiger partial charge in [0.25, 0.3) is 5.91 Å². The molecule has 31 heavy (non-hydrogen) atoms. The highest BCUT2D eigenvalue weighted by molar-refractivity contribution is 6.34. The average molecular weight is 439 g/mol. The second kappa shape index (κ2) is 8.55. The first-order valence-corrected chi connectivity index (χ1v) is 10.7. The minimum Gasteiger partial charge on any atom is -0.507 e. The summed E-state index contributed by atoms with van der Waals surface area (Å²) in [6, 6.07) is 9.71. The maximum absolute atomic E-state index is 13.1. The van der Waals surface area contributed by atoms with E-state index >= 15 is 0 Å². The van der Waals surface area contributed by atoms with Crippen molar-refractivity contribution in [3.05, 3.63) is 69.2 Å². The number of hydrogen-bond acceptors (Lipinski definition) is 4. The summed E-state index contributed by atoms with van der Waals surface area (Å²) in [5, 5.41) is 19.5. The number of carbonyl (C=O) groups is 2. The Bertz CT molecular complexity index is 1130. The van der Waals surface area contributed by atoms with E-state index in [1.807, 2.05) is 12.1 Å². The quantitative estimate of drug-likeness (QED) is 0.611. The Morgan fingerprint density at radius 2 is 1.84 bits per heavy atom. The third kappa shape index (κ3) is 4.35. The third-order valence-corrected chi connectivity index (χ3v) is 6.13. The molecule has 160 valence electrons. The van der Waals surface area contributed by atoms with E-state index in [9.17, 15) is 14.7 Å². The Kier molecular flexibility index (Phi) is 5.83. The fourth-order valence-corrected chi connectivity index (χ4v) is 4.30. The number of allylic oxidation sites excluding steroid dienone is 1. The smallest absolute Gasteiger partial charge is 0.339 e. The number of hydrogen-bond donors (Lipinski definition) is 3. The summed E-state index contributed by atoms with van der Waals surface area (Å²) in [6.07, 6.45) is 5.16. The fraction of sp³-hybridized carbons (Fsp3) is 0.292. The van der Waals surface area contributed by atoms with Crippen molar-refractivity contribution in [3.8, 4) is 5.75 Å². The highest BCUT2D eigenvalue weighted by Crippen LogP contribution is 2.43. The summed E-state index contributed by atoms with van der Waals surface area (Å²) in [7, 11) is 0. The van der Waals surface area contributed by atoms with Crippen molar-refractivity contribution in [2.75, 3.05) is 0 Å². The van der Waals surface area contributed by atoms with E-state index in [4.69, 9.17) is 22.4 Å². The molecule has 0 spiro atoms. The average Bonchev–Trinajstić information content (AvgIpc) is 3.58. The van der Waals surface area contributed by atoms with Gasteiger partial charge < -0.3 is 15.9 Å². The summed E-state index contributed by atoms with van der Waals surface area (Å²) < 4.78 is 0. The lowest BCUT2D eigenvalue weighted by atomic mass is 9.89. The largest absolute Gasteiger partial charge is 0.507 e. The fourth-order valence-electron chi connectivity index (χ4n) is 4.04. The van der Waals surface area contributed by atoms with Gasteiger partial charge in [-0.2, -0.15) is 0 Å². The molecule has 2 aromatic rings. The van der Waals surface area contributed by atoms with Gasteiger partial charge in [0.15, 0.2) is 0 Å². The van der Waals surface area contributed by atoms with Crippen LogP contribution in [0.3, 0.4) is 0 Å². The standard InChI is InChI=1S/C24H23ClN2O4/c25-18-6-3-5-15(13-8-9-13)21(18)23(29)27-19-7-2-1-4-16(19)22(26)14-10-11-17(24(30)31)20(28)12-14/h3,5-6,10-13,28H,1-2,4,7-9,26H2,(H,30,31). The van der Waals surface area contributed by atoms with Gasteiger partial charge in [0, 0.05) is 17.0 Å². The van der Waals surface area contributed by atoms with Crippen LogP contribution in [0.15, 0.2) is 47.0 Å². The summed E-state index contributed by atoms with van der Waals surface area (Å²) in [4.78, 5) is 28.7. The predicted octanol–water partition coefficient (Wildman–Crippen LogP) is 5.15. The van der Waals surface area contributed by atoms with E-state index in [1.54, 1.807) is 12.1 Å². The van der Waals surface area contributed by atoms with Crippen LogP contribution in [-0.2, 0) is 0 Å². The zero-order chi connectivity index (χ0) is 22.1. The van der Waals surface area contributed by atoms with Crippen LogP contribution in [0.4, 0.5) is 0 Å². The Labute approximate surface area is 185 Å². The van der Waals surface area contributed by atoms with Gasteiger partial charge in [-0.3, -0.25) is 4.79 Å². The molecule has 4 rings (SSSR count). The monoisotopic (exact) mass is 438 g/mol. The molecule has 0 heterocycles. The Morgan fingerprint density at radius 3 is 2.52 bits per heavy atom. The number of aromatic hydroxyl groups is 1. The molecule has 0 aliphatic heterocycles. The number of nitrogens with two attached hydrogens (primary N) is 1. The molecule has 0 aromatic heterocycles. The van der Waals surface area contributed by atoms with Crippen LogP contribution in [0.25, 0.3) is 5.70 Å². The molecule has 4 N–H and O–H groups in total. The number of aliphatic imine (C=N–C) groups is 1. The number of nitrogens with zero attached hydrogens (tertiary/aromatic N) is 1. The predicted molar refractivity (Wildman–Crippen MR) is 120 cm³/mol. The third-order valence-electron chi connectivity index (χ3n) is 5.82. The Hall–Kier alpha value is -3.12. The molecule has 6 nitrogen and oxygen atoms in total. The number of carbonyl (C=O) groups excluding carboxylic acids is 1. The second-order valence-electron chi connectivity index (χ2n) is 7.98. The number of carboxylic acids is 1. The lowest BCUT2D eigenvalue weighted by Gasteiger charge is -2.20. The number of carboxylic acid groups (broad SMARTS) is 1. The van der Waals surface area contributed by atoms with Crippen molar-refractivity contribution >= 4 is 34.9 Å². The molecule has 2 fully saturated rings. The first kappa shape index (κ1) is 21.1. The second-order valence-corrected chi connectivity index (χ2v) is 8.39. The van der Waals surface area contributed by atoms with Gasteiger partial charge in [0.1, 0.15) is 11.3 Å². The zero-order valence-electron chi connectivity index (χ0n) is 16.9. The molecule has 0 saturated heterocycles. The topological polar surface area (TPSA) is 113 Å². The Balaban J connectivity index is 1.72. The van der Waals surface area contributed by atoms with E-state index < -0.39 is 5.97 Å². The van der Waals surface area contributed by atoms with Gasteiger partial charge in [-0.15, -0.1) is 0 Å². The highest BCUT2D eigenvalue weighted by Gasteiger charge is 2.30. The number of amides is 1. The molecule has 0 radical (unpaired) electrons. The van der Waals surface area contributed by atoms with Crippen LogP contribution in [-0.4, -0.2) is 27.8 Å². The molecule has 0 bridgehead atoms. The molecule has 0 unspecified atom stereocenters. The molecule has 0 atom stereocenters. The van der Waals surface area contributed by atoms with Crippen molar-refractivity contribution in [2.45, 2.75) is 44.4 Å².